The molecule has 1 fully saturated rings. The average molecular weight is 267 g/mol. The van der Waals surface area contributed by atoms with Crippen molar-refractivity contribution >= 4 is 11.9 Å². The van der Waals surface area contributed by atoms with E-state index in [0.29, 0.717) is 6.54 Å². The minimum atomic E-state index is -1.21. The van der Waals surface area contributed by atoms with Gasteiger partial charge in [0.05, 0.1) is 6.10 Å². The fourth-order valence-corrected chi connectivity index (χ4v) is 2.31. The summed E-state index contributed by atoms with van der Waals surface area (Å²) in [5.74, 6) is -1.89. The fourth-order valence-electron chi connectivity index (χ4n) is 2.31. The molecule has 0 saturated heterocycles. The molecule has 1 saturated carbocycles. The molecule has 1 aromatic rings. The number of carboxylic acids is 1. The van der Waals surface area contributed by atoms with Crippen LogP contribution in [0.2, 0.25) is 0 Å². The molecule has 104 valence electrons. The third-order valence-electron chi connectivity index (χ3n) is 3.43. The highest BCUT2D eigenvalue weighted by Gasteiger charge is 2.24. The van der Waals surface area contributed by atoms with Crippen molar-refractivity contribution in [3.63, 3.8) is 0 Å². The van der Waals surface area contributed by atoms with Crippen LogP contribution in [-0.2, 0) is 0 Å². The summed E-state index contributed by atoms with van der Waals surface area (Å²) in [6.07, 6.45) is 3.36. The lowest BCUT2D eigenvalue weighted by atomic mass is 9.86. The van der Waals surface area contributed by atoms with Crippen LogP contribution in [0.15, 0.2) is 16.5 Å². The van der Waals surface area contributed by atoms with Crippen LogP contribution in [0.1, 0.15) is 46.8 Å². The molecule has 0 unspecified atom stereocenters. The number of carbonyl (C=O) groups excluding carboxylic acids is 1. The second-order valence-electron chi connectivity index (χ2n) is 4.79. The molecule has 0 spiro atoms. The van der Waals surface area contributed by atoms with Gasteiger partial charge in [0, 0.05) is 12.5 Å². The van der Waals surface area contributed by atoms with Gasteiger partial charge in [-0.1, -0.05) is 12.8 Å². The highest BCUT2D eigenvalue weighted by Crippen LogP contribution is 2.23. The van der Waals surface area contributed by atoms with Crippen molar-refractivity contribution in [3.05, 3.63) is 23.7 Å². The van der Waals surface area contributed by atoms with Gasteiger partial charge in [0.2, 0.25) is 5.76 Å². The molecular formula is C13H17NO5. The van der Waals surface area contributed by atoms with Crippen LogP contribution >= 0.6 is 0 Å². The molecule has 1 aromatic heterocycles. The van der Waals surface area contributed by atoms with E-state index in [1.807, 2.05) is 0 Å². The van der Waals surface area contributed by atoms with Gasteiger partial charge in [-0.15, -0.1) is 0 Å². The Bertz CT molecular complexity index is 467. The SMILES string of the molecule is O=C(O)c1ccc(C(=O)NC[C@@H]2CCCC[C@@H]2O)o1. The van der Waals surface area contributed by atoms with Crippen LogP contribution in [0.3, 0.4) is 0 Å². The summed E-state index contributed by atoms with van der Waals surface area (Å²) in [7, 11) is 0. The average Bonchev–Trinajstić information content (AvgIpc) is 2.87. The Morgan fingerprint density at radius 1 is 1.26 bits per heavy atom. The normalized spacial score (nSPS) is 23.0. The highest BCUT2D eigenvalue weighted by molar-refractivity contribution is 5.93. The summed E-state index contributed by atoms with van der Waals surface area (Å²) in [5, 5.41) is 21.1. The first-order valence-electron chi connectivity index (χ1n) is 6.37. The standard InChI is InChI=1S/C13H17NO5/c15-9-4-2-1-3-8(9)7-14-12(16)10-5-6-11(19-10)13(17)18/h5-6,8-9,15H,1-4,7H2,(H,14,16)(H,17,18)/t8-,9-/m0/s1. The summed E-state index contributed by atoms with van der Waals surface area (Å²) in [6, 6.07) is 2.57. The smallest absolute Gasteiger partial charge is 0.371 e. The first-order chi connectivity index (χ1) is 9.08. The van der Waals surface area contributed by atoms with Gasteiger partial charge in [0.1, 0.15) is 0 Å². The summed E-state index contributed by atoms with van der Waals surface area (Å²) in [6.45, 7) is 0.378. The monoisotopic (exact) mass is 267 g/mol. The summed E-state index contributed by atoms with van der Waals surface area (Å²) in [4.78, 5) is 22.4. The molecule has 1 aliphatic rings. The van der Waals surface area contributed by atoms with E-state index in [-0.39, 0.29) is 23.5 Å². The topological polar surface area (TPSA) is 99.8 Å². The Morgan fingerprint density at radius 3 is 2.58 bits per heavy atom. The third kappa shape index (κ3) is 3.35. The maximum atomic E-state index is 11.8. The zero-order chi connectivity index (χ0) is 13.8. The van der Waals surface area contributed by atoms with Crippen molar-refractivity contribution in [1.29, 1.82) is 0 Å². The minimum Gasteiger partial charge on any atom is -0.475 e. The molecule has 1 aliphatic carbocycles. The Labute approximate surface area is 110 Å². The lowest BCUT2D eigenvalue weighted by molar-refractivity contribution is 0.0647. The third-order valence-corrected chi connectivity index (χ3v) is 3.43. The zero-order valence-electron chi connectivity index (χ0n) is 10.5. The number of rotatable bonds is 4. The van der Waals surface area contributed by atoms with Gasteiger partial charge in [0.15, 0.2) is 5.76 Å². The first-order valence-corrected chi connectivity index (χ1v) is 6.37. The van der Waals surface area contributed by atoms with Gasteiger partial charge in [-0.2, -0.15) is 0 Å². The molecule has 1 amide bonds. The van der Waals surface area contributed by atoms with Crippen LogP contribution in [0.5, 0.6) is 0 Å². The summed E-state index contributed by atoms with van der Waals surface area (Å²) >= 11 is 0. The van der Waals surface area contributed by atoms with E-state index in [9.17, 15) is 14.7 Å². The summed E-state index contributed by atoms with van der Waals surface area (Å²) in [5.41, 5.74) is 0. The van der Waals surface area contributed by atoms with Crippen LogP contribution in [-0.4, -0.2) is 34.7 Å². The molecular weight excluding hydrogens is 250 g/mol. The van der Waals surface area contributed by atoms with E-state index in [2.05, 4.69) is 5.32 Å². The van der Waals surface area contributed by atoms with Crippen molar-refractivity contribution < 1.29 is 24.2 Å². The molecule has 2 rings (SSSR count). The van der Waals surface area contributed by atoms with Gasteiger partial charge < -0.3 is 19.9 Å². The Kier molecular flexibility index (Phi) is 4.21. The molecule has 3 N–H and O–H groups in total. The molecule has 0 aromatic carbocycles. The highest BCUT2D eigenvalue weighted by atomic mass is 16.4. The molecule has 0 bridgehead atoms. The van der Waals surface area contributed by atoms with Gasteiger partial charge in [0.25, 0.3) is 5.91 Å². The number of hydrogen-bond donors (Lipinski definition) is 3. The van der Waals surface area contributed by atoms with Crippen molar-refractivity contribution in [3.8, 4) is 0 Å². The number of carbonyl (C=O) groups is 2. The lowest BCUT2D eigenvalue weighted by Gasteiger charge is -2.27. The van der Waals surface area contributed by atoms with Crippen molar-refractivity contribution in [2.75, 3.05) is 6.54 Å². The molecule has 6 nitrogen and oxygen atoms in total. The quantitative estimate of drug-likeness (QED) is 0.762. The molecule has 19 heavy (non-hydrogen) atoms. The number of aliphatic hydroxyl groups is 1. The van der Waals surface area contributed by atoms with Crippen LogP contribution < -0.4 is 5.32 Å². The number of hydrogen-bond acceptors (Lipinski definition) is 4. The van der Waals surface area contributed by atoms with Gasteiger partial charge in [-0.3, -0.25) is 4.79 Å². The molecule has 1 heterocycles. The van der Waals surface area contributed by atoms with E-state index in [1.54, 1.807) is 0 Å². The van der Waals surface area contributed by atoms with Crippen molar-refractivity contribution in [2.45, 2.75) is 31.8 Å². The number of furan rings is 1. The van der Waals surface area contributed by atoms with Crippen molar-refractivity contribution in [1.82, 2.24) is 5.32 Å². The molecule has 2 atom stereocenters. The Balaban J connectivity index is 1.88. The molecule has 0 radical (unpaired) electrons. The summed E-state index contributed by atoms with van der Waals surface area (Å²) < 4.78 is 4.90. The van der Waals surface area contributed by atoms with Gasteiger partial charge >= 0.3 is 5.97 Å². The first kappa shape index (κ1) is 13.6. The van der Waals surface area contributed by atoms with E-state index in [0.717, 1.165) is 25.7 Å². The van der Waals surface area contributed by atoms with Crippen LogP contribution in [0.4, 0.5) is 0 Å². The van der Waals surface area contributed by atoms with E-state index >= 15 is 0 Å². The predicted octanol–water partition coefficient (Wildman–Crippen LogP) is 1.26. The van der Waals surface area contributed by atoms with Crippen LogP contribution in [0.25, 0.3) is 0 Å². The number of nitrogens with one attached hydrogen (secondary N) is 1. The van der Waals surface area contributed by atoms with E-state index in [1.165, 1.54) is 12.1 Å². The van der Waals surface area contributed by atoms with Crippen LogP contribution in [0, 0.1) is 5.92 Å². The maximum Gasteiger partial charge on any atom is 0.371 e. The molecule has 6 heteroatoms. The van der Waals surface area contributed by atoms with Gasteiger partial charge in [-0.25, -0.2) is 4.79 Å². The number of carboxylic acid groups (broad SMARTS) is 1. The second kappa shape index (κ2) is 5.88. The molecule has 0 aliphatic heterocycles. The minimum absolute atomic E-state index is 0.0253. The zero-order valence-corrected chi connectivity index (χ0v) is 10.5. The van der Waals surface area contributed by atoms with Gasteiger partial charge in [-0.05, 0) is 25.0 Å². The largest absolute Gasteiger partial charge is 0.475 e. The van der Waals surface area contributed by atoms with E-state index < -0.39 is 11.9 Å². The Hall–Kier alpha value is -1.82. The number of aliphatic hydroxyl groups excluding tert-OH is 1. The Morgan fingerprint density at radius 2 is 1.95 bits per heavy atom. The number of amides is 1. The fraction of sp³-hybridized carbons (Fsp3) is 0.538. The maximum absolute atomic E-state index is 11.8. The second-order valence-corrected chi connectivity index (χ2v) is 4.79. The number of aromatic carboxylic acids is 1. The van der Waals surface area contributed by atoms with Crippen molar-refractivity contribution in [2.24, 2.45) is 5.92 Å². The predicted molar refractivity (Wildman–Crippen MR) is 66.0 cm³/mol. The van der Waals surface area contributed by atoms with E-state index in [4.69, 9.17) is 9.52 Å². The lowest BCUT2D eigenvalue weighted by Crippen LogP contribution is -2.36.